The van der Waals surface area contributed by atoms with Crippen LogP contribution in [0.4, 0.5) is 0 Å². The molecule has 0 bridgehead atoms. The molecule has 1 N–H and O–H groups in total. The molecule has 0 fully saturated rings. The number of hydrogen-bond donors (Lipinski definition) is 1. The Kier molecular flexibility index (Phi) is 12.4. The SMILES string of the molecule is CC(C)c1cc(-c2ncc(-c3[c-]c(Sc4ccccn4)cc(-c4c(C(C)C)cccc4C(C)C)c3)nc2-c2ccccc2O)cc(C(C)C)c1.[Pt]. The fourth-order valence-corrected chi connectivity index (χ4v) is 7.19. The van der Waals surface area contributed by atoms with Gasteiger partial charge in [-0.2, -0.15) is 0 Å². The van der Waals surface area contributed by atoms with Gasteiger partial charge in [0.1, 0.15) is 5.75 Å². The van der Waals surface area contributed by atoms with Gasteiger partial charge in [-0.05, 0) is 87.9 Å². The maximum absolute atomic E-state index is 11.2. The molecule has 0 aliphatic rings. The third kappa shape index (κ3) is 8.54. The molecule has 51 heavy (non-hydrogen) atoms. The molecule has 0 spiro atoms. The monoisotopic (exact) mass is 871 g/mol. The Hall–Kier alpha value is -4.05. The topological polar surface area (TPSA) is 58.9 Å². The Morgan fingerprint density at radius 2 is 1.27 bits per heavy atom. The fraction of sp³-hybridized carbons (Fsp3) is 0.267. The summed E-state index contributed by atoms with van der Waals surface area (Å²) in [5.41, 5.74) is 12.0. The van der Waals surface area contributed by atoms with Gasteiger partial charge in [-0.1, -0.05) is 120 Å². The Bertz CT molecular complexity index is 2070. The molecule has 6 rings (SSSR count). The zero-order valence-electron chi connectivity index (χ0n) is 30.6. The van der Waals surface area contributed by atoms with Crippen LogP contribution in [0.25, 0.3) is 44.9 Å². The number of benzene rings is 4. The van der Waals surface area contributed by atoms with Crippen LogP contribution in [0, 0.1) is 6.07 Å². The summed E-state index contributed by atoms with van der Waals surface area (Å²) in [4.78, 5) is 16.0. The van der Waals surface area contributed by atoms with E-state index in [9.17, 15) is 5.11 Å². The summed E-state index contributed by atoms with van der Waals surface area (Å²) in [6, 6.07) is 34.9. The Balaban J connectivity index is 0.00000504. The van der Waals surface area contributed by atoms with Gasteiger partial charge in [0.25, 0.3) is 0 Å². The van der Waals surface area contributed by atoms with Gasteiger partial charge in [-0.3, -0.25) is 9.97 Å². The van der Waals surface area contributed by atoms with Crippen LogP contribution in [0.3, 0.4) is 0 Å². The van der Waals surface area contributed by atoms with Gasteiger partial charge in [0.05, 0.1) is 16.4 Å². The second-order valence-electron chi connectivity index (χ2n) is 14.2. The van der Waals surface area contributed by atoms with E-state index in [1.807, 2.05) is 48.8 Å². The quantitative estimate of drug-likeness (QED) is 0.139. The number of pyridine rings is 1. The number of nitrogens with zero attached hydrogens (tertiary/aromatic N) is 3. The number of phenols is 1. The summed E-state index contributed by atoms with van der Waals surface area (Å²) in [6.07, 6.45) is 3.68. The minimum absolute atomic E-state index is 0. The fourth-order valence-electron chi connectivity index (χ4n) is 6.36. The first-order chi connectivity index (χ1) is 24.0. The van der Waals surface area contributed by atoms with E-state index < -0.39 is 0 Å². The van der Waals surface area contributed by atoms with Crippen molar-refractivity contribution in [1.82, 2.24) is 15.0 Å². The molecular weight excluding hydrogens is 826 g/mol. The number of aromatic nitrogens is 3. The van der Waals surface area contributed by atoms with Gasteiger partial charge in [-0.25, -0.2) is 4.98 Å². The van der Waals surface area contributed by atoms with Crippen LogP contribution < -0.4 is 0 Å². The van der Waals surface area contributed by atoms with E-state index in [0.29, 0.717) is 40.6 Å². The van der Waals surface area contributed by atoms with Crippen molar-refractivity contribution in [3.63, 3.8) is 0 Å². The standard InChI is InChI=1S/C45H46N3OS.Pt/c1-27(2)31-20-32(28(3)4)22-35(21-31)44-45(39-14-9-10-17-41(39)49)48-40(26-47-44)33-23-34(25-36(24-33)50-42-18-11-12-19-46-42)43-37(29(5)6)15-13-16-38(43)30(7)8;/h9-23,25-30,49H,1-8H3;/q-1;. The third-order valence-electron chi connectivity index (χ3n) is 9.15. The Morgan fingerprint density at radius 1 is 0.627 bits per heavy atom. The number of phenolic OH excluding ortho intramolecular Hbond substituents is 1. The van der Waals surface area contributed by atoms with Gasteiger partial charge in [-0.15, -0.1) is 23.8 Å². The first kappa shape index (κ1) is 38.2. The van der Waals surface area contributed by atoms with Crippen molar-refractivity contribution in [3.05, 3.63) is 132 Å². The molecule has 0 saturated carbocycles. The number of aromatic hydroxyl groups is 1. The Labute approximate surface area is 322 Å². The maximum atomic E-state index is 11.2. The molecule has 0 unspecified atom stereocenters. The maximum Gasteiger partial charge on any atom is 0.125 e. The first-order valence-electron chi connectivity index (χ1n) is 17.6. The van der Waals surface area contributed by atoms with Crippen molar-refractivity contribution in [1.29, 1.82) is 0 Å². The summed E-state index contributed by atoms with van der Waals surface area (Å²) < 4.78 is 0. The van der Waals surface area contributed by atoms with Crippen LogP contribution in [-0.4, -0.2) is 20.1 Å². The van der Waals surface area contributed by atoms with E-state index in [1.165, 1.54) is 27.8 Å². The molecule has 0 atom stereocenters. The summed E-state index contributed by atoms with van der Waals surface area (Å²) in [7, 11) is 0. The molecule has 0 radical (unpaired) electrons. The van der Waals surface area contributed by atoms with Crippen molar-refractivity contribution in [2.45, 2.75) is 89.0 Å². The van der Waals surface area contributed by atoms with Crippen LogP contribution in [0.5, 0.6) is 5.75 Å². The molecule has 6 aromatic rings. The van der Waals surface area contributed by atoms with Gasteiger partial charge < -0.3 is 5.11 Å². The summed E-state index contributed by atoms with van der Waals surface area (Å²) in [5, 5.41) is 12.1. The van der Waals surface area contributed by atoms with Crippen LogP contribution in [0.1, 0.15) is 101 Å². The van der Waals surface area contributed by atoms with Crippen molar-refractivity contribution in [2.75, 3.05) is 0 Å². The van der Waals surface area contributed by atoms with E-state index in [0.717, 1.165) is 32.3 Å². The zero-order chi connectivity index (χ0) is 35.5. The van der Waals surface area contributed by atoms with Crippen LogP contribution >= 0.6 is 11.8 Å². The van der Waals surface area contributed by atoms with E-state index in [4.69, 9.17) is 9.97 Å². The predicted octanol–water partition coefficient (Wildman–Crippen LogP) is 12.7. The smallest absolute Gasteiger partial charge is 0.125 e. The van der Waals surface area contributed by atoms with Gasteiger partial charge in [0.15, 0.2) is 0 Å². The van der Waals surface area contributed by atoms with E-state index in [1.54, 1.807) is 17.8 Å². The molecule has 0 aliphatic carbocycles. The van der Waals surface area contributed by atoms with E-state index in [2.05, 4.69) is 115 Å². The number of hydrogen-bond acceptors (Lipinski definition) is 5. The van der Waals surface area contributed by atoms with Gasteiger partial charge in [0.2, 0.25) is 0 Å². The summed E-state index contributed by atoms with van der Waals surface area (Å²) in [6.45, 7) is 17.9. The van der Waals surface area contributed by atoms with Crippen molar-refractivity contribution in [2.24, 2.45) is 0 Å². The normalized spacial score (nSPS) is 11.5. The molecule has 0 amide bonds. The van der Waals surface area contributed by atoms with Crippen molar-refractivity contribution in [3.8, 4) is 50.6 Å². The predicted molar refractivity (Wildman–Crippen MR) is 209 cm³/mol. The number of para-hydroxylation sites is 1. The van der Waals surface area contributed by atoms with Crippen LogP contribution in [0.15, 0.2) is 113 Å². The van der Waals surface area contributed by atoms with Gasteiger partial charge >= 0.3 is 0 Å². The largest absolute Gasteiger partial charge is 0.507 e. The summed E-state index contributed by atoms with van der Waals surface area (Å²) >= 11 is 1.59. The van der Waals surface area contributed by atoms with Crippen molar-refractivity contribution < 1.29 is 26.2 Å². The van der Waals surface area contributed by atoms with Crippen LogP contribution in [-0.2, 0) is 21.1 Å². The summed E-state index contributed by atoms with van der Waals surface area (Å²) in [5.74, 6) is 1.55. The number of rotatable bonds is 10. The Morgan fingerprint density at radius 3 is 1.86 bits per heavy atom. The van der Waals surface area contributed by atoms with Gasteiger partial charge in [0, 0.05) is 50.3 Å². The van der Waals surface area contributed by atoms with E-state index in [-0.39, 0.29) is 26.8 Å². The molecule has 264 valence electrons. The second-order valence-corrected chi connectivity index (χ2v) is 15.3. The molecule has 2 heterocycles. The molecule has 0 saturated heterocycles. The van der Waals surface area contributed by atoms with E-state index >= 15 is 0 Å². The molecular formula is C45H46N3OPtS-. The molecule has 4 aromatic carbocycles. The second kappa shape index (κ2) is 16.5. The third-order valence-corrected chi connectivity index (χ3v) is 10.0. The van der Waals surface area contributed by atoms with Crippen LogP contribution in [0.2, 0.25) is 0 Å². The molecule has 0 aliphatic heterocycles. The van der Waals surface area contributed by atoms with Crippen molar-refractivity contribution >= 4 is 11.8 Å². The average Bonchev–Trinajstić information content (AvgIpc) is 3.11. The minimum Gasteiger partial charge on any atom is -0.507 e. The molecule has 4 nitrogen and oxygen atoms in total. The molecule has 2 aromatic heterocycles. The average molecular weight is 872 g/mol. The first-order valence-corrected chi connectivity index (χ1v) is 18.4. The zero-order valence-corrected chi connectivity index (χ0v) is 33.7. The minimum atomic E-state index is 0. The molecule has 6 heteroatoms.